The number of allylic oxidation sites excluding steroid dienone is 1. The molecule has 0 aliphatic heterocycles. The lowest BCUT2D eigenvalue weighted by atomic mass is 9.95. The zero-order chi connectivity index (χ0) is 29.1. The van der Waals surface area contributed by atoms with Gasteiger partial charge in [0.1, 0.15) is 18.3 Å². The highest BCUT2D eigenvalue weighted by atomic mass is 79.9. The van der Waals surface area contributed by atoms with E-state index < -0.39 is 77.4 Å². The van der Waals surface area contributed by atoms with Crippen LogP contribution in [0.15, 0.2) is 46.9 Å². The van der Waals surface area contributed by atoms with Crippen LogP contribution in [0.1, 0.15) is 33.0 Å². The first kappa shape index (κ1) is 31.4. The molecule has 0 aliphatic carbocycles. The van der Waals surface area contributed by atoms with E-state index in [4.69, 9.17) is 11.6 Å². The van der Waals surface area contributed by atoms with Gasteiger partial charge < -0.3 is 10.6 Å². The first-order valence-corrected chi connectivity index (χ1v) is 11.2. The van der Waals surface area contributed by atoms with Crippen molar-refractivity contribution in [3.63, 3.8) is 0 Å². The number of halogens is 12. The Morgan fingerprint density at radius 3 is 2.11 bits per heavy atom. The molecule has 0 heterocycles. The van der Waals surface area contributed by atoms with E-state index in [-0.39, 0.29) is 21.6 Å². The molecule has 0 radical (unpaired) electrons. The largest absolute Gasteiger partial charge is 0.417 e. The number of hydrogen-bond donors (Lipinski definition) is 2. The number of carbonyl (C=O) groups is 2. The Bertz CT molecular complexity index is 1230. The average molecular weight is 644 g/mol. The number of amides is 2. The molecule has 2 aromatic rings. The van der Waals surface area contributed by atoms with Gasteiger partial charge in [0.05, 0.1) is 22.7 Å². The second-order valence-electron chi connectivity index (χ2n) is 7.54. The van der Waals surface area contributed by atoms with Crippen molar-refractivity contribution in [1.82, 2.24) is 10.6 Å². The fourth-order valence-corrected chi connectivity index (χ4v) is 3.48. The molecule has 0 saturated carbocycles. The molecule has 38 heavy (non-hydrogen) atoms. The first-order chi connectivity index (χ1) is 17.3. The summed E-state index contributed by atoms with van der Waals surface area (Å²) in [5.41, 5.74) is -4.32. The molecule has 4 nitrogen and oxygen atoms in total. The highest BCUT2D eigenvalue weighted by Crippen LogP contribution is 2.41. The Kier molecular flexibility index (Phi) is 9.86. The molecule has 1 atom stereocenters. The number of alkyl halides is 9. The lowest BCUT2D eigenvalue weighted by Crippen LogP contribution is -2.41. The topological polar surface area (TPSA) is 58.2 Å². The number of carbonyl (C=O) groups excluding carboxylic acids is 2. The van der Waals surface area contributed by atoms with Gasteiger partial charge in [-0.3, -0.25) is 9.59 Å². The van der Waals surface area contributed by atoms with E-state index in [1.54, 1.807) is 5.32 Å². The van der Waals surface area contributed by atoms with E-state index in [0.29, 0.717) is 12.1 Å². The second kappa shape index (κ2) is 11.9. The Hall–Kier alpha value is -2.81. The highest BCUT2D eigenvalue weighted by Gasteiger charge is 2.40. The van der Waals surface area contributed by atoms with Gasteiger partial charge in [-0.2, -0.15) is 39.5 Å². The SMILES string of the molecule is O=C(CNC(=O)c1ccc(/C(F)=C/C(c2ccc(Cl)c(Br)c2)C(F)(F)F)cc1C(F)(F)F)NCC(F)(F)F. The third-order valence-electron chi connectivity index (χ3n) is 4.71. The summed E-state index contributed by atoms with van der Waals surface area (Å²) in [6.07, 6.45) is -15.1. The minimum atomic E-state index is -5.30. The third-order valence-corrected chi connectivity index (χ3v) is 5.92. The maximum absolute atomic E-state index is 14.8. The van der Waals surface area contributed by atoms with Crippen molar-refractivity contribution < 1.29 is 53.5 Å². The van der Waals surface area contributed by atoms with Gasteiger partial charge in [-0.25, -0.2) is 4.39 Å². The Labute approximate surface area is 221 Å². The van der Waals surface area contributed by atoms with E-state index in [2.05, 4.69) is 15.9 Å². The molecule has 0 fully saturated rings. The van der Waals surface area contributed by atoms with Crippen LogP contribution in [-0.4, -0.2) is 37.3 Å². The summed E-state index contributed by atoms with van der Waals surface area (Å²) < 4.78 is 133. The van der Waals surface area contributed by atoms with Crippen LogP contribution < -0.4 is 10.6 Å². The molecule has 0 saturated heterocycles. The summed E-state index contributed by atoms with van der Waals surface area (Å²) >= 11 is 8.68. The van der Waals surface area contributed by atoms with Crippen molar-refractivity contribution in [2.45, 2.75) is 24.4 Å². The molecular formula is C22H14BrClF10N2O2. The predicted molar refractivity (Wildman–Crippen MR) is 120 cm³/mol. The molecule has 2 amide bonds. The van der Waals surface area contributed by atoms with Gasteiger partial charge >= 0.3 is 18.5 Å². The zero-order valence-corrected chi connectivity index (χ0v) is 20.7. The average Bonchev–Trinajstić information content (AvgIpc) is 2.79. The number of benzene rings is 2. The fourth-order valence-electron chi connectivity index (χ4n) is 2.97. The second-order valence-corrected chi connectivity index (χ2v) is 8.80. The van der Waals surface area contributed by atoms with Crippen LogP contribution in [0.5, 0.6) is 0 Å². The molecule has 2 aromatic carbocycles. The van der Waals surface area contributed by atoms with Crippen molar-refractivity contribution in [2.24, 2.45) is 0 Å². The summed E-state index contributed by atoms with van der Waals surface area (Å²) in [5.74, 6) is -7.18. The normalized spacial score (nSPS) is 13.7. The number of rotatable bonds is 7. The summed E-state index contributed by atoms with van der Waals surface area (Å²) in [6, 6.07) is 4.17. The zero-order valence-electron chi connectivity index (χ0n) is 18.4. The lowest BCUT2D eigenvalue weighted by molar-refractivity contribution is -0.140. The fraction of sp³-hybridized carbons (Fsp3) is 0.273. The molecule has 0 spiro atoms. The maximum Gasteiger partial charge on any atom is 0.417 e. The summed E-state index contributed by atoms with van der Waals surface area (Å²) in [7, 11) is 0. The van der Waals surface area contributed by atoms with Gasteiger partial charge in [0.15, 0.2) is 0 Å². The standard InChI is InChI=1S/C22H14BrClF10N2O2/c23-15-6-10(2-4-16(15)24)13(21(29,30)31)7-17(25)11-1-3-12(14(5-11)22(32,33)34)19(38)35-8-18(37)36-9-20(26,27)28/h1-7,13H,8-9H2,(H,35,38)(H,36,37)/b17-7-. The Balaban J connectivity index is 2.38. The van der Waals surface area contributed by atoms with Crippen molar-refractivity contribution in [3.05, 3.63) is 74.2 Å². The summed E-state index contributed by atoms with van der Waals surface area (Å²) in [6.45, 7) is -2.87. The lowest BCUT2D eigenvalue weighted by Gasteiger charge is -2.19. The summed E-state index contributed by atoms with van der Waals surface area (Å²) in [5, 5.41) is 3.13. The minimum Gasteiger partial charge on any atom is -0.345 e. The van der Waals surface area contributed by atoms with Crippen molar-refractivity contribution in [1.29, 1.82) is 0 Å². The quantitative estimate of drug-likeness (QED) is 0.314. The van der Waals surface area contributed by atoms with Gasteiger partial charge in [0, 0.05) is 10.0 Å². The van der Waals surface area contributed by atoms with E-state index >= 15 is 0 Å². The van der Waals surface area contributed by atoms with E-state index in [0.717, 1.165) is 18.2 Å². The van der Waals surface area contributed by atoms with Gasteiger partial charge in [-0.05, 0) is 51.8 Å². The molecule has 0 aromatic heterocycles. The third kappa shape index (κ3) is 8.89. The van der Waals surface area contributed by atoms with E-state index in [1.807, 2.05) is 0 Å². The van der Waals surface area contributed by atoms with E-state index in [1.165, 1.54) is 5.32 Å². The van der Waals surface area contributed by atoms with Gasteiger partial charge in [-0.1, -0.05) is 23.7 Å². The highest BCUT2D eigenvalue weighted by molar-refractivity contribution is 9.10. The minimum absolute atomic E-state index is 0.0515. The van der Waals surface area contributed by atoms with Crippen LogP contribution in [0.25, 0.3) is 5.83 Å². The number of hydrogen-bond acceptors (Lipinski definition) is 2. The molecule has 0 bridgehead atoms. The Morgan fingerprint density at radius 2 is 1.58 bits per heavy atom. The molecule has 1 unspecified atom stereocenters. The van der Waals surface area contributed by atoms with Crippen LogP contribution in [-0.2, 0) is 11.0 Å². The molecule has 2 rings (SSSR count). The smallest absolute Gasteiger partial charge is 0.345 e. The molecular weight excluding hydrogens is 630 g/mol. The Morgan fingerprint density at radius 1 is 0.947 bits per heavy atom. The monoisotopic (exact) mass is 642 g/mol. The van der Waals surface area contributed by atoms with Gasteiger partial charge in [0.2, 0.25) is 5.91 Å². The van der Waals surface area contributed by atoms with E-state index in [9.17, 15) is 53.5 Å². The summed E-state index contributed by atoms with van der Waals surface area (Å²) in [4.78, 5) is 23.6. The maximum atomic E-state index is 14.8. The van der Waals surface area contributed by atoms with Crippen molar-refractivity contribution >= 4 is 45.2 Å². The van der Waals surface area contributed by atoms with Gasteiger partial charge in [0.25, 0.3) is 5.91 Å². The molecule has 208 valence electrons. The molecule has 16 heteroatoms. The van der Waals surface area contributed by atoms with Crippen molar-refractivity contribution in [3.8, 4) is 0 Å². The molecule has 0 aliphatic rings. The first-order valence-electron chi connectivity index (χ1n) is 10.0. The number of nitrogens with one attached hydrogen (secondary N) is 2. The van der Waals surface area contributed by atoms with Crippen LogP contribution >= 0.6 is 27.5 Å². The van der Waals surface area contributed by atoms with Crippen molar-refractivity contribution in [2.75, 3.05) is 13.1 Å². The molecule has 2 N–H and O–H groups in total. The van der Waals surface area contributed by atoms with Crippen LogP contribution in [0.4, 0.5) is 43.9 Å². The predicted octanol–water partition coefficient (Wildman–Crippen LogP) is 7.19. The van der Waals surface area contributed by atoms with Crippen LogP contribution in [0, 0.1) is 0 Å². The van der Waals surface area contributed by atoms with Crippen LogP contribution in [0.2, 0.25) is 5.02 Å². The van der Waals surface area contributed by atoms with Gasteiger partial charge in [-0.15, -0.1) is 0 Å². The van der Waals surface area contributed by atoms with Crippen LogP contribution in [0.3, 0.4) is 0 Å².